The molecule has 2 fully saturated rings. The van der Waals surface area contributed by atoms with Gasteiger partial charge in [0, 0.05) is 31.0 Å². The zero-order chi connectivity index (χ0) is 20.5. The molecule has 0 atom stereocenters. The van der Waals surface area contributed by atoms with Gasteiger partial charge in [-0.1, -0.05) is 0 Å². The first-order chi connectivity index (χ1) is 14.0. The predicted molar refractivity (Wildman–Crippen MR) is 113 cm³/mol. The molecule has 9 heteroatoms. The summed E-state index contributed by atoms with van der Waals surface area (Å²) in [4.78, 5) is 32.6. The number of thiocarbonyl (C=S) groups is 1. The van der Waals surface area contributed by atoms with Gasteiger partial charge in [-0.15, -0.1) is 0 Å². The standard InChI is InChI=1S/C20H20N4O4S/c1-12(25)24-17(19(26)22-20(24)29)11-14-9-13-10-15(27-2)3-4-16(13)21-18(14)23-5-7-28-8-6-23/h3-4,9-11H,5-8H2,1-2H3,(H,22,26,29)/b17-11+. The van der Waals surface area contributed by atoms with E-state index in [0.717, 1.165) is 16.7 Å². The van der Waals surface area contributed by atoms with E-state index in [1.54, 1.807) is 13.2 Å². The topological polar surface area (TPSA) is 84.0 Å². The van der Waals surface area contributed by atoms with Crippen molar-refractivity contribution in [1.82, 2.24) is 15.2 Å². The van der Waals surface area contributed by atoms with Gasteiger partial charge in [-0.2, -0.15) is 0 Å². The summed E-state index contributed by atoms with van der Waals surface area (Å²) in [6.07, 6.45) is 1.66. The molecule has 0 saturated carbocycles. The summed E-state index contributed by atoms with van der Waals surface area (Å²) in [7, 11) is 1.61. The van der Waals surface area contributed by atoms with Gasteiger partial charge in [-0.05, 0) is 42.6 Å². The molecule has 29 heavy (non-hydrogen) atoms. The average Bonchev–Trinajstić information content (AvgIpc) is 3.00. The minimum atomic E-state index is -0.413. The lowest BCUT2D eigenvalue weighted by Crippen LogP contribution is -2.37. The van der Waals surface area contributed by atoms with Crippen molar-refractivity contribution >= 4 is 51.9 Å². The SMILES string of the molecule is COc1ccc2nc(N3CCOCC3)c(/C=C3\C(=O)NC(=S)N3C(C)=O)cc2c1. The Balaban J connectivity index is 1.89. The van der Waals surface area contributed by atoms with Gasteiger partial charge in [-0.3, -0.25) is 19.8 Å². The fourth-order valence-corrected chi connectivity index (χ4v) is 3.76. The minimum absolute atomic E-state index is 0.0806. The zero-order valence-corrected chi connectivity index (χ0v) is 16.9. The van der Waals surface area contributed by atoms with Crippen LogP contribution in [0.4, 0.5) is 5.82 Å². The normalized spacial score (nSPS) is 18.5. The smallest absolute Gasteiger partial charge is 0.274 e. The number of aromatic nitrogens is 1. The number of nitrogens with one attached hydrogen (secondary N) is 1. The van der Waals surface area contributed by atoms with E-state index in [0.29, 0.717) is 37.6 Å². The Morgan fingerprint density at radius 3 is 2.76 bits per heavy atom. The van der Waals surface area contributed by atoms with Crippen LogP contribution in [0.5, 0.6) is 5.75 Å². The Bertz CT molecular complexity index is 1050. The lowest BCUT2D eigenvalue weighted by atomic mass is 10.1. The molecule has 3 heterocycles. The number of morpholine rings is 1. The molecule has 0 bridgehead atoms. The highest BCUT2D eigenvalue weighted by Crippen LogP contribution is 2.30. The second kappa shape index (κ2) is 7.76. The molecule has 8 nitrogen and oxygen atoms in total. The maximum Gasteiger partial charge on any atom is 0.274 e. The number of hydrogen-bond acceptors (Lipinski definition) is 7. The summed E-state index contributed by atoms with van der Waals surface area (Å²) in [6.45, 7) is 3.94. The quantitative estimate of drug-likeness (QED) is 0.607. The van der Waals surface area contributed by atoms with Crippen LogP contribution in [0.3, 0.4) is 0 Å². The summed E-state index contributed by atoms with van der Waals surface area (Å²) < 4.78 is 10.8. The first kappa shape index (κ1) is 19.3. The number of hydrogen-bond donors (Lipinski definition) is 1. The predicted octanol–water partition coefficient (Wildman–Crippen LogP) is 1.68. The van der Waals surface area contributed by atoms with Crippen molar-refractivity contribution in [3.8, 4) is 5.75 Å². The monoisotopic (exact) mass is 412 g/mol. The van der Waals surface area contributed by atoms with Crippen LogP contribution in [0.25, 0.3) is 17.0 Å². The highest BCUT2D eigenvalue weighted by Gasteiger charge is 2.33. The number of pyridine rings is 1. The van der Waals surface area contributed by atoms with Crippen molar-refractivity contribution < 1.29 is 19.1 Å². The number of carbonyl (C=O) groups is 2. The summed E-state index contributed by atoms with van der Waals surface area (Å²) in [5, 5.41) is 3.47. The number of fused-ring (bicyclic) bond motifs is 1. The zero-order valence-electron chi connectivity index (χ0n) is 16.1. The molecule has 1 aromatic carbocycles. The molecule has 0 unspecified atom stereocenters. The van der Waals surface area contributed by atoms with Crippen LogP contribution in [0.2, 0.25) is 0 Å². The van der Waals surface area contributed by atoms with E-state index < -0.39 is 5.91 Å². The molecule has 0 spiro atoms. The first-order valence-corrected chi connectivity index (χ1v) is 9.58. The number of rotatable bonds is 3. The molecule has 0 aliphatic carbocycles. The largest absolute Gasteiger partial charge is 0.497 e. The molecule has 150 valence electrons. The Kier molecular flexibility index (Phi) is 5.16. The van der Waals surface area contributed by atoms with Crippen molar-refractivity contribution in [1.29, 1.82) is 0 Å². The molecule has 2 aliphatic rings. The van der Waals surface area contributed by atoms with Crippen LogP contribution in [0.15, 0.2) is 30.0 Å². The molecule has 2 saturated heterocycles. The van der Waals surface area contributed by atoms with Crippen molar-refractivity contribution in [3.05, 3.63) is 35.5 Å². The van der Waals surface area contributed by atoms with Crippen LogP contribution in [0, 0.1) is 0 Å². The van der Waals surface area contributed by atoms with Gasteiger partial charge >= 0.3 is 0 Å². The van der Waals surface area contributed by atoms with Crippen LogP contribution in [-0.4, -0.2) is 60.2 Å². The molecule has 1 aromatic heterocycles. The Labute approximate surface area is 173 Å². The van der Waals surface area contributed by atoms with Crippen molar-refractivity contribution in [2.24, 2.45) is 0 Å². The van der Waals surface area contributed by atoms with Crippen LogP contribution in [-0.2, 0) is 14.3 Å². The molecule has 2 aromatic rings. The Hall–Kier alpha value is -3.04. The van der Waals surface area contributed by atoms with E-state index in [1.165, 1.54) is 11.8 Å². The lowest BCUT2D eigenvalue weighted by Gasteiger charge is -2.29. The molecule has 2 aliphatic heterocycles. The fourth-order valence-electron chi connectivity index (χ4n) is 3.44. The fraction of sp³-hybridized carbons (Fsp3) is 0.300. The summed E-state index contributed by atoms with van der Waals surface area (Å²) in [5.41, 5.74) is 1.71. The van der Waals surface area contributed by atoms with E-state index in [1.807, 2.05) is 24.3 Å². The summed E-state index contributed by atoms with van der Waals surface area (Å²) >= 11 is 5.13. The van der Waals surface area contributed by atoms with Crippen LogP contribution < -0.4 is 15.0 Å². The number of amides is 2. The third-order valence-corrected chi connectivity index (χ3v) is 5.13. The molecular formula is C20H20N4O4S. The third kappa shape index (κ3) is 3.66. The molecule has 1 N–H and O–H groups in total. The van der Waals surface area contributed by atoms with E-state index in [-0.39, 0.29) is 16.7 Å². The van der Waals surface area contributed by atoms with Gasteiger partial charge in [0.05, 0.1) is 25.8 Å². The van der Waals surface area contributed by atoms with Gasteiger partial charge in [0.25, 0.3) is 5.91 Å². The van der Waals surface area contributed by atoms with E-state index in [2.05, 4.69) is 10.2 Å². The van der Waals surface area contributed by atoms with Crippen molar-refractivity contribution in [3.63, 3.8) is 0 Å². The van der Waals surface area contributed by atoms with Crippen molar-refractivity contribution in [2.75, 3.05) is 38.3 Å². The first-order valence-electron chi connectivity index (χ1n) is 9.17. The van der Waals surface area contributed by atoms with Gasteiger partial charge < -0.3 is 14.4 Å². The maximum absolute atomic E-state index is 12.4. The maximum atomic E-state index is 12.4. The number of methoxy groups -OCH3 is 1. The number of benzene rings is 1. The summed E-state index contributed by atoms with van der Waals surface area (Å²) in [6, 6.07) is 7.58. The van der Waals surface area contributed by atoms with Gasteiger partial charge in [0.15, 0.2) is 5.11 Å². The number of anilines is 1. The van der Waals surface area contributed by atoms with Gasteiger partial charge in [0.2, 0.25) is 5.91 Å². The molecular weight excluding hydrogens is 392 g/mol. The van der Waals surface area contributed by atoms with Crippen LogP contribution in [0.1, 0.15) is 12.5 Å². The highest BCUT2D eigenvalue weighted by atomic mass is 32.1. The average molecular weight is 412 g/mol. The lowest BCUT2D eigenvalue weighted by molar-refractivity contribution is -0.125. The second-order valence-corrected chi connectivity index (χ2v) is 7.09. The Morgan fingerprint density at radius 1 is 1.31 bits per heavy atom. The van der Waals surface area contributed by atoms with Gasteiger partial charge in [0.1, 0.15) is 17.3 Å². The minimum Gasteiger partial charge on any atom is -0.497 e. The molecule has 4 rings (SSSR count). The van der Waals surface area contributed by atoms with E-state index >= 15 is 0 Å². The van der Waals surface area contributed by atoms with Crippen molar-refractivity contribution in [2.45, 2.75) is 6.92 Å². The number of ether oxygens (including phenoxy) is 2. The van der Waals surface area contributed by atoms with Crippen LogP contribution >= 0.6 is 12.2 Å². The number of nitrogens with zero attached hydrogens (tertiary/aromatic N) is 3. The third-order valence-electron chi connectivity index (χ3n) is 4.85. The van der Waals surface area contributed by atoms with E-state index in [9.17, 15) is 9.59 Å². The highest BCUT2D eigenvalue weighted by molar-refractivity contribution is 7.80. The molecule has 2 amide bonds. The molecule has 0 radical (unpaired) electrons. The van der Waals surface area contributed by atoms with Gasteiger partial charge in [-0.25, -0.2) is 4.98 Å². The Morgan fingerprint density at radius 2 is 2.07 bits per heavy atom. The second-order valence-electron chi connectivity index (χ2n) is 6.70. The summed E-state index contributed by atoms with van der Waals surface area (Å²) in [5.74, 6) is 0.696. The van der Waals surface area contributed by atoms with E-state index in [4.69, 9.17) is 26.7 Å². The number of carbonyl (C=O) groups excluding carboxylic acids is 2.